The molecule has 7 heterocycles. The summed E-state index contributed by atoms with van der Waals surface area (Å²) < 4.78 is 146. The van der Waals surface area contributed by atoms with Gasteiger partial charge in [-0.3, -0.25) is 0 Å². The lowest BCUT2D eigenvalue weighted by atomic mass is 10.5. The van der Waals surface area contributed by atoms with Crippen LogP contribution < -0.4 is 0 Å². The first-order valence-electron chi connectivity index (χ1n) is 28.2. The van der Waals surface area contributed by atoms with E-state index in [1.807, 2.05) is 19.6 Å². The molecule has 7 aliphatic heterocycles. The molecule has 81 heavy (non-hydrogen) atoms. The molecule has 34 heteroatoms. The van der Waals surface area contributed by atoms with E-state index >= 15 is 0 Å². The van der Waals surface area contributed by atoms with Crippen LogP contribution in [-0.4, -0.2) is 262 Å². The van der Waals surface area contributed by atoms with Crippen molar-refractivity contribution in [2.24, 2.45) is 0 Å². The zero-order valence-corrected chi connectivity index (χ0v) is 55.9. The molecule has 0 bridgehead atoms. The third-order valence-electron chi connectivity index (χ3n) is 13.7. The second-order valence-corrected chi connectivity index (χ2v) is 44.6. The molecule has 0 radical (unpaired) electrons. The summed E-state index contributed by atoms with van der Waals surface area (Å²) in [5.41, 5.74) is 0. The first kappa shape index (κ1) is 72.2. The van der Waals surface area contributed by atoms with Gasteiger partial charge in [-0.2, -0.15) is 0 Å². The van der Waals surface area contributed by atoms with Crippen molar-refractivity contribution in [3.63, 3.8) is 0 Å². The summed E-state index contributed by atoms with van der Waals surface area (Å²) in [7, 11) is -11.9. The number of rotatable bonds is 53. The van der Waals surface area contributed by atoms with Crippen molar-refractivity contribution in [3.05, 3.63) is 0 Å². The van der Waals surface area contributed by atoms with Gasteiger partial charge in [-0.05, 0) is 94.8 Å². The van der Waals surface area contributed by atoms with Crippen LogP contribution in [0.1, 0.15) is 52.4 Å². The van der Waals surface area contributed by atoms with Crippen LogP contribution in [0.4, 0.5) is 0 Å². The number of aliphatic hydroxyl groups is 2. The van der Waals surface area contributed by atoms with Crippen molar-refractivity contribution >= 4 is 60.4 Å². The zero-order valence-electron chi connectivity index (χ0n) is 48.9. The van der Waals surface area contributed by atoms with Crippen molar-refractivity contribution in [2.45, 2.75) is 158 Å². The smallest absolute Gasteiger partial charge is 0.414 e. The first-order valence-corrected chi connectivity index (χ1v) is 44.1. The first-order chi connectivity index (χ1) is 38.6. The standard InChI is InChI=1S/C26H54O15Si4.C20H42O12Si3.CH4/c1-28-42(4,14-6-10-31-23-18-35-23)40-45(30-3,17-9-13-34-26-21-38-26)41-43(5,15-7-11-32-24-19-36-24)39-44(22-27,29-2)16-8-12-33-25-20-37-25;1-22-34(17-21,12-6-9-26-19-15-29-19)31-33(4,11-5-8-25-18-14-28-18)32-35(23-2,24-3)13-7-10-27-20-16-30-20;/h23-27H,6-22H2,1-5H3;18-21H,5-17H2,1-4H3;1H4. The second-order valence-electron chi connectivity index (χ2n) is 20.8. The van der Waals surface area contributed by atoms with E-state index in [2.05, 4.69) is 0 Å². The van der Waals surface area contributed by atoms with Crippen LogP contribution in [0.15, 0.2) is 0 Å². The van der Waals surface area contributed by atoms with Crippen LogP contribution in [0.2, 0.25) is 61.9 Å². The molecule has 0 spiro atoms. The van der Waals surface area contributed by atoms with Crippen molar-refractivity contribution in [2.75, 3.05) is 148 Å². The van der Waals surface area contributed by atoms with Gasteiger partial charge in [0.1, 0.15) is 46.2 Å². The van der Waals surface area contributed by atoms with Gasteiger partial charge in [-0.25, -0.2) is 0 Å². The van der Waals surface area contributed by atoms with Gasteiger partial charge in [0.25, 0.3) is 0 Å². The number of hydrogen-bond donors (Lipinski definition) is 2. The van der Waals surface area contributed by atoms with Gasteiger partial charge in [0.2, 0.25) is 0 Å². The molecule has 7 fully saturated rings. The molecular weight excluding hydrogens is 1190 g/mol. The average molecular weight is 1290 g/mol. The van der Waals surface area contributed by atoms with Crippen LogP contribution in [0.25, 0.3) is 0 Å². The highest BCUT2D eigenvalue weighted by atomic mass is 28.5. The van der Waals surface area contributed by atoms with E-state index in [0.29, 0.717) is 173 Å². The summed E-state index contributed by atoms with van der Waals surface area (Å²) in [6.07, 6.45) is 3.56. The summed E-state index contributed by atoms with van der Waals surface area (Å²) in [6, 6.07) is 4.02. The highest BCUT2D eigenvalue weighted by Crippen LogP contribution is 2.36. The fourth-order valence-corrected chi connectivity index (χ4v) is 38.2. The topological polar surface area (TPSA) is 294 Å². The minimum absolute atomic E-state index is 0. The molecule has 13 atom stereocenters. The molecule has 0 saturated carbocycles. The van der Waals surface area contributed by atoms with E-state index in [0.717, 1.165) is 6.42 Å². The Morgan fingerprint density at radius 2 is 0.543 bits per heavy atom. The molecule has 7 rings (SSSR count). The fraction of sp³-hybridized carbons (Fsp3) is 1.00. The Bertz CT molecular complexity index is 1640. The predicted octanol–water partition coefficient (Wildman–Crippen LogP) is 3.95. The average Bonchev–Trinajstić information content (AvgIpc) is 4.35. The lowest BCUT2D eigenvalue weighted by molar-refractivity contribution is 0.0463. The minimum atomic E-state index is -3.46. The van der Waals surface area contributed by atoms with Gasteiger partial charge >= 0.3 is 60.4 Å². The Kier molecular flexibility index (Phi) is 32.2. The lowest BCUT2D eigenvalue weighted by Crippen LogP contribution is -2.64. The molecule has 7 aliphatic rings. The van der Waals surface area contributed by atoms with Gasteiger partial charge in [-0.15, -0.1) is 0 Å². The zero-order chi connectivity index (χ0) is 57.4. The molecule has 0 aromatic rings. The molecular formula is C47H100O27Si7. The molecule has 27 nitrogen and oxygen atoms in total. The Labute approximate surface area is 488 Å². The van der Waals surface area contributed by atoms with Gasteiger partial charge in [0.05, 0.1) is 12.5 Å². The van der Waals surface area contributed by atoms with E-state index in [1.54, 1.807) is 42.7 Å². The third-order valence-corrected chi connectivity index (χ3v) is 42.2. The van der Waals surface area contributed by atoms with Crippen molar-refractivity contribution in [1.82, 2.24) is 0 Å². The second kappa shape index (κ2) is 36.2. The van der Waals surface area contributed by atoms with E-state index in [4.69, 9.17) is 113 Å². The van der Waals surface area contributed by atoms with E-state index in [-0.39, 0.29) is 63.9 Å². The summed E-state index contributed by atoms with van der Waals surface area (Å²) in [4.78, 5) is 0. The maximum absolute atomic E-state index is 10.6. The minimum Gasteiger partial charge on any atom is -0.414 e. The maximum atomic E-state index is 10.6. The maximum Gasteiger partial charge on any atom is 0.491 e. The third kappa shape index (κ3) is 28.6. The highest BCUT2D eigenvalue weighted by Gasteiger charge is 2.56. The Morgan fingerprint density at radius 1 is 0.309 bits per heavy atom. The van der Waals surface area contributed by atoms with Gasteiger partial charge in [-0.1, -0.05) is 7.43 Å². The monoisotopic (exact) mass is 1290 g/mol. The predicted molar refractivity (Wildman–Crippen MR) is 302 cm³/mol. The summed E-state index contributed by atoms with van der Waals surface area (Å²) >= 11 is 0. The molecule has 13 unspecified atom stereocenters. The Hall–Kier alpha value is 0.438. The molecule has 0 aliphatic carbocycles. The molecule has 7 saturated heterocycles. The largest absolute Gasteiger partial charge is 0.491 e. The van der Waals surface area contributed by atoms with E-state index in [1.165, 1.54) is 0 Å². The van der Waals surface area contributed by atoms with E-state index in [9.17, 15) is 10.2 Å². The Morgan fingerprint density at radius 3 is 0.790 bits per heavy atom. The lowest BCUT2D eigenvalue weighted by Gasteiger charge is -2.44. The van der Waals surface area contributed by atoms with Gasteiger partial charge in [0, 0.05) is 101 Å². The molecule has 478 valence electrons. The normalized spacial score (nSPS) is 27.7. The quantitative estimate of drug-likeness (QED) is 0.0495. The van der Waals surface area contributed by atoms with E-state index < -0.39 is 60.4 Å². The molecule has 2 N–H and O–H groups in total. The van der Waals surface area contributed by atoms with Gasteiger partial charge < -0.3 is 124 Å². The van der Waals surface area contributed by atoms with Crippen LogP contribution >= 0.6 is 0 Å². The summed E-state index contributed by atoms with van der Waals surface area (Å²) in [6.45, 7) is 14.0. The number of epoxide rings is 7. The number of ether oxygens (including phenoxy) is 14. The molecule has 0 amide bonds. The van der Waals surface area contributed by atoms with Crippen LogP contribution in [0.3, 0.4) is 0 Å². The fourth-order valence-electron chi connectivity index (χ4n) is 8.58. The van der Waals surface area contributed by atoms with Gasteiger partial charge in [0.15, 0.2) is 44.0 Å². The molecule has 0 aromatic carbocycles. The SMILES string of the molecule is C.CO[Si](C)(CCCOC1CO1)O[Si](CCCOC1CO1)(OC)O[Si](C)(CCCOC1CO1)O[Si](CO)(CCCOC1CO1)OC.CO[Si](CO)(CCCOC1CO1)O[Si](C)(CCCOC1CO1)O[Si](CCCOC1CO1)(OC)OC. The summed E-state index contributed by atoms with van der Waals surface area (Å²) in [5.74, 6) is 0. The van der Waals surface area contributed by atoms with Crippen LogP contribution in [0.5, 0.6) is 0 Å². The van der Waals surface area contributed by atoms with Crippen molar-refractivity contribution in [1.29, 1.82) is 0 Å². The molecule has 0 aromatic heterocycles. The number of aliphatic hydroxyl groups excluding tert-OH is 2. The van der Waals surface area contributed by atoms with Crippen molar-refractivity contribution in [3.8, 4) is 0 Å². The highest BCUT2D eigenvalue weighted by molar-refractivity contribution is 6.87. The number of hydrogen-bond acceptors (Lipinski definition) is 27. The van der Waals surface area contributed by atoms with Crippen molar-refractivity contribution < 1.29 is 124 Å². The van der Waals surface area contributed by atoms with Crippen LogP contribution in [-0.2, 0) is 113 Å². The Balaban J connectivity index is 0.000000303. The summed E-state index contributed by atoms with van der Waals surface area (Å²) in [5, 5.41) is 21.0. The van der Waals surface area contributed by atoms with Crippen LogP contribution in [0, 0.1) is 0 Å².